The number of benzene rings is 1. The molecule has 0 radical (unpaired) electrons. The van der Waals surface area contributed by atoms with Gasteiger partial charge in [-0.1, -0.05) is 32.0 Å². The fraction of sp³-hybridized carbons (Fsp3) is 0.600. The van der Waals surface area contributed by atoms with Crippen molar-refractivity contribution in [2.24, 2.45) is 17.3 Å². The van der Waals surface area contributed by atoms with Gasteiger partial charge in [-0.05, 0) is 49.1 Å². The minimum absolute atomic E-state index is 0.0517. The third-order valence-electron chi connectivity index (χ3n) is 7.04. The number of carbonyl (C=O) groups excluding carboxylic acids is 1. The van der Waals surface area contributed by atoms with E-state index in [0.717, 1.165) is 12.8 Å². The van der Waals surface area contributed by atoms with E-state index in [1.807, 2.05) is 6.07 Å². The molecule has 2 N–H and O–H groups in total. The van der Waals surface area contributed by atoms with Crippen LogP contribution in [0, 0.1) is 17.3 Å². The Labute approximate surface area is 159 Å². The molecule has 4 aliphatic rings. The van der Waals surface area contributed by atoms with Crippen LogP contribution in [-0.2, 0) is 14.1 Å². The first-order valence-electron chi connectivity index (χ1n) is 9.63. The van der Waals surface area contributed by atoms with E-state index in [2.05, 4.69) is 26.1 Å². The molecule has 1 aliphatic heterocycles. The van der Waals surface area contributed by atoms with Crippen molar-refractivity contribution in [2.45, 2.75) is 57.7 Å². The fourth-order valence-corrected chi connectivity index (χ4v) is 5.32. The van der Waals surface area contributed by atoms with E-state index in [-0.39, 0.29) is 23.8 Å². The highest BCUT2D eigenvalue weighted by Crippen LogP contribution is 2.65. The van der Waals surface area contributed by atoms with Gasteiger partial charge < -0.3 is 19.7 Å². The molecule has 5 atom stereocenters. The van der Waals surface area contributed by atoms with Crippen molar-refractivity contribution >= 4 is 19.0 Å². The Morgan fingerprint density at radius 1 is 1.26 bits per heavy atom. The van der Waals surface area contributed by atoms with E-state index in [0.29, 0.717) is 17.4 Å². The first kappa shape index (κ1) is 18.5. The van der Waals surface area contributed by atoms with Crippen LogP contribution in [0.4, 0.5) is 0 Å². The second kappa shape index (κ2) is 6.35. The number of rotatable bonds is 5. The molecule has 0 aromatic heterocycles. The van der Waals surface area contributed by atoms with Gasteiger partial charge in [0.05, 0.1) is 24.1 Å². The van der Waals surface area contributed by atoms with E-state index < -0.39 is 24.6 Å². The molecule has 1 amide bonds. The molecule has 3 saturated carbocycles. The van der Waals surface area contributed by atoms with Gasteiger partial charge in [-0.25, -0.2) is 0 Å². The summed E-state index contributed by atoms with van der Waals surface area (Å²) in [5.74, 6) is -1.06. The lowest BCUT2D eigenvalue weighted by atomic mass is 9.43. The van der Waals surface area contributed by atoms with Crippen LogP contribution in [0.2, 0.25) is 0 Å². The number of amides is 1. The van der Waals surface area contributed by atoms with Crippen LogP contribution in [0.15, 0.2) is 30.3 Å². The van der Waals surface area contributed by atoms with Gasteiger partial charge in [0, 0.05) is 5.56 Å². The molecule has 1 heterocycles. The standard InChI is InChI=1S/C20H26BNO5/c1-19(2)13-9-14(19)20(3)15(10-13)26-21(27-20)16(11-17(23)24)22-18(25)12-7-5-4-6-8-12/h4-8,13-16H,9-11H2,1-3H3,(H,22,25)(H,23,24)/t13?,14?,15?,16?,20-/m0/s1. The van der Waals surface area contributed by atoms with E-state index in [1.165, 1.54) is 0 Å². The quantitative estimate of drug-likeness (QED) is 0.777. The zero-order valence-electron chi connectivity index (χ0n) is 16.0. The Morgan fingerprint density at radius 2 is 1.96 bits per heavy atom. The number of carboxylic acids is 1. The van der Waals surface area contributed by atoms with Crippen molar-refractivity contribution in [1.29, 1.82) is 0 Å². The number of carboxylic acid groups (broad SMARTS) is 1. The fourth-order valence-electron chi connectivity index (χ4n) is 5.32. The SMILES string of the molecule is CC1(C)C2CC3OB(C(CC(=O)O)NC(=O)c4ccccc4)O[C@@]3(C)C1C2. The lowest BCUT2D eigenvalue weighted by molar-refractivity contribution is -0.199. The van der Waals surface area contributed by atoms with Crippen molar-refractivity contribution in [3.05, 3.63) is 35.9 Å². The predicted octanol–water partition coefficient (Wildman–Crippen LogP) is 2.53. The minimum Gasteiger partial charge on any atom is -0.481 e. The maximum atomic E-state index is 12.5. The normalized spacial score (nSPS) is 34.3. The molecule has 0 spiro atoms. The molecule has 7 heteroatoms. The van der Waals surface area contributed by atoms with Crippen molar-refractivity contribution < 1.29 is 24.0 Å². The number of hydrogen-bond donors (Lipinski definition) is 2. The van der Waals surface area contributed by atoms with Crippen LogP contribution in [0.1, 0.15) is 50.4 Å². The Hall–Kier alpha value is -1.86. The van der Waals surface area contributed by atoms with Crippen LogP contribution in [-0.4, -0.2) is 41.7 Å². The van der Waals surface area contributed by atoms with Gasteiger partial charge in [0.25, 0.3) is 5.91 Å². The molecule has 144 valence electrons. The third-order valence-corrected chi connectivity index (χ3v) is 7.04. The summed E-state index contributed by atoms with van der Waals surface area (Å²) in [6.45, 7) is 6.63. The molecule has 5 rings (SSSR count). The second-order valence-electron chi connectivity index (χ2n) is 8.88. The number of aliphatic carboxylic acids is 1. The molecule has 2 bridgehead atoms. The van der Waals surface area contributed by atoms with E-state index in [4.69, 9.17) is 9.31 Å². The van der Waals surface area contributed by atoms with Gasteiger partial charge >= 0.3 is 13.1 Å². The Morgan fingerprint density at radius 3 is 2.59 bits per heavy atom. The average Bonchev–Trinajstić information content (AvgIpc) is 2.98. The van der Waals surface area contributed by atoms with E-state index in [1.54, 1.807) is 24.3 Å². The highest BCUT2D eigenvalue weighted by molar-refractivity contribution is 6.48. The molecule has 3 aliphatic carbocycles. The van der Waals surface area contributed by atoms with Gasteiger partial charge in [0.15, 0.2) is 0 Å². The number of hydrogen-bond acceptors (Lipinski definition) is 4. The molecular formula is C20H26BNO5. The Balaban J connectivity index is 1.52. The maximum absolute atomic E-state index is 12.5. The molecule has 27 heavy (non-hydrogen) atoms. The summed E-state index contributed by atoms with van der Waals surface area (Å²) in [5.41, 5.74) is 0.258. The molecular weight excluding hydrogens is 345 g/mol. The Bertz CT molecular complexity index is 754. The predicted molar refractivity (Wildman–Crippen MR) is 100 cm³/mol. The molecule has 1 saturated heterocycles. The summed E-state index contributed by atoms with van der Waals surface area (Å²) in [6, 6.07) is 8.76. The first-order chi connectivity index (χ1) is 12.7. The van der Waals surface area contributed by atoms with Gasteiger partial charge in [-0.15, -0.1) is 0 Å². The van der Waals surface area contributed by atoms with E-state index in [9.17, 15) is 14.7 Å². The molecule has 1 aromatic rings. The van der Waals surface area contributed by atoms with Crippen LogP contribution in [0.3, 0.4) is 0 Å². The van der Waals surface area contributed by atoms with Crippen LogP contribution < -0.4 is 5.32 Å². The van der Waals surface area contributed by atoms with Gasteiger partial charge in [-0.2, -0.15) is 0 Å². The lowest BCUT2D eigenvalue weighted by Crippen LogP contribution is -2.65. The monoisotopic (exact) mass is 371 g/mol. The van der Waals surface area contributed by atoms with Crippen LogP contribution in [0.25, 0.3) is 0 Å². The summed E-state index contributed by atoms with van der Waals surface area (Å²) in [5, 5.41) is 12.1. The van der Waals surface area contributed by atoms with Crippen molar-refractivity contribution in [3.8, 4) is 0 Å². The van der Waals surface area contributed by atoms with Gasteiger partial charge in [-0.3, -0.25) is 9.59 Å². The smallest absolute Gasteiger partial charge is 0.481 e. The summed E-state index contributed by atoms with van der Waals surface area (Å²) < 4.78 is 12.5. The summed E-state index contributed by atoms with van der Waals surface area (Å²) >= 11 is 0. The summed E-state index contributed by atoms with van der Waals surface area (Å²) in [4.78, 5) is 23.9. The average molecular weight is 371 g/mol. The molecule has 1 aromatic carbocycles. The minimum atomic E-state index is -0.995. The van der Waals surface area contributed by atoms with E-state index >= 15 is 0 Å². The zero-order valence-corrected chi connectivity index (χ0v) is 16.0. The van der Waals surface area contributed by atoms with Gasteiger partial charge in [0.1, 0.15) is 0 Å². The largest absolute Gasteiger partial charge is 0.482 e. The Kier molecular flexibility index (Phi) is 4.35. The first-order valence-corrected chi connectivity index (χ1v) is 9.63. The van der Waals surface area contributed by atoms with Crippen LogP contribution in [0.5, 0.6) is 0 Å². The molecule has 4 fully saturated rings. The topological polar surface area (TPSA) is 84.9 Å². The second-order valence-corrected chi connectivity index (χ2v) is 8.88. The highest BCUT2D eigenvalue weighted by atomic mass is 16.7. The number of nitrogens with one attached hydrogen (secondary N) is 1. The highest BCUT2D eigenvalue weighted by Gasteiger charge is 2.68. The van der Waals surface area contributed by atoms with Crippen molar-refractivity contribution in [1.82, 2.24) is 5.32 Å². The molecule has 6 nitrogen and oxygen atoms in total. The number of carbonyl (C=O) groups is 2. The van der Waals surface area contributed by atoms with Crippen molar-refractivity contribution in [3.63, 3.8) is 0 Å². The maximum Gasteiger partial charge on any atom is 0.482 e. The zero-order chi connectivity index (χ0) is 19.4. The van der Waals surface area contributed by atoms with Gasteiger partial charge in [0.2, 0.25) is 0 Å². The van der Waals surface area contributed by atoms with Crippen LogP contribution >= 0.6 is 0 Å². The summed E-state index contributed by atoms with van der Waals surface area (Å²) in [6.07, 6.45) is 1.74. The molecule has 4 unspecified atom stereocenters. The third kappa shape index (κ3) is 2.97. The summed E-state index contributed by atoms with van der Waals surface area (Å²) in [7, 11) is -0.751. The van der Waals surface area contributed by atoms with Crippen molar-refractivity contribution in [2.75, 3.05) is 0 Å². The lowest BCUT2D eigenvalue weighted by Gasteiger charge is -2.64.